The second kappa shape index (κ2) is 6.70. The van der Waals surface area contributed by atoms with Gasteiger partial charge in [-0.25, -0.2) is 9.78 Å². The average molecular weight is 275 g/mol. The minimum absolute atomic E-state index is 0.237. The van der Waals surface area contributed by atoms with Crippen LogP contribution in [0, 0.1) is 5.92 Å². The summed E-state index contributed by atoms with van der Waals surface area (Å²) in [6.07, 6.45) is 4.26. The number of furan rings is 1. The van der Waals surface area contributed by atoms with Gasteiger partial charge in [0.25, 0.3) is 0 Å². The van der Waals surface area contributed by atoms with E-state index in [4.69, 9.17) is 9.15 Å². The van der Waals surface area contributed by atoms with Crippen molar-refractivity contribution >= 4 is 6.09 Å². The molecule has 0 unspecified atom stereocenters. The Labute approximate surface area is 117 Å². The number of ether oxygens (including phenoxy) is 1. The van der Waals surface area contributed by atoms with Crippen molar-refractivity contribution < 1.29 is 13.9 Å². The summed E-state index contributed by atoms with van der Waals surface area (Å²) < 4.78 is 10.3. The van der Waals surface area contributed by atoms with Crippen molar-refractivity contribution in [2.24, 2.45) is 5.92 Å². The van der Waals surface area contributed by atoms with E-state index in [1.165, 1.54) is 0 Å². The summed E-state index contributed by atoms with van der Waals surface area (Å²) in [6.45, 7) is 4.58. The molecule has 0 aromatic carbocycles. The predicted molar refractivity (Wildman–Crippen MR) is 72.8 cm³/mol. The van der Waals surface area contributed by atoms with Crippen LogP contribution in [-0.2, 0) is 11.3 Å². The third-order valence-electron chi connectivity index (χ3n) is 2.48. The van der Waals surface area contributed by atoms with Gasteiger partial charge in [0.15, 0.2) is 5.76 Å². The van der Waals surface area contributed by atoms with Crippen LogP contribution in [0.15, 0.2) is 35.2 Å². The standard InChI is InChI=1S/C14H17N3O3/c1-10(2)9-20-14(18)17-8-11-13(16-6-5-15-11)12-4-3-7-19-12/h3-7,10H,8-9H2,1-2H3,(H,17,18). The predicted octanol–water partition coefficient (Wildman–Crippen LogP) is 2.62. The molecule has 0 fully saturated rings. The second-order valence-electron chi connectivity index (χ2n) is 4.67. The Bertz CT molecular complexity index is 553. The first-order chi connectivity index (χ1) is 9.66. The van der Waals surface area contributed by atoms with E-state index in [-0.39, 0.29) is 6.54 Å². The van der Waals surface area contributed by atoms with Gasteiger partial charge in [0.05, 0.1) is 25.1 Å². The Balaban J connectivity index is 1.98. The Kier molecular flexibility index (Phi) is 4.70. The van der Waals surface area contributed by atoms with Gasteiger partial charge in [-0.2, -0.15) is 0 Å². The summed E-state index contributed by atoms with van der Waals surface area (Å²) in [5.41, 5.74) is 1.24. The first kappa shape index (κ1) is 14.0. The molecule has 6 nitrogen and oxygen atoms in total. The summed E-state index contributed by atoms with van der Waals surface area (Å²) >= 11 is 0. The maximum atomic E-state index is 11.5. The van der Waals surface area contributed by atoms with E-state index in [1.807, 2.05) is 13.8 Å². The number of hydrogen-bond acceptors (Lipinski definition) is 5. The molecule has 106 valence electrons. The SMILES string of the molecule is CC(C)COC(=O)NCc1nccnc1-c1ccco1. The van der Waals surface area contributed by atoms with Crippen molar-refractivity contribution in [2.75, 3.05) is 6.61 Å². The molecule has 0 aliphatic heterocycles. The lowest BCUT2D eigenvalue weighted by Crippen LogP contribution is -2.26. The fraction of sp³-hybridized carbons (Fsp3) is 0.357. The van der Waals surface area contributed by atoms with Crippen molar-refractivity contribution in [3.05, 3.63) is 36.5 Å². The smallest absolute Gasteiger partial charge is 0.407 e. The van der Waals surface area contributed by atoms with Gasteiger partial charge >= 0.3 is 6.09 Å². The number of amides is 1. The van der Waals surface area contributed by atoms with Gasteiger partial charge in [-0.15, -0.1) is 0 Å². The maximum Gasteiger partial charge on any atom is 0.407 e. The molecule has 2 aromatic heterocycles. The molecule has 0 spiro atoms. The van der Waals surface area contributed by atoms with Crippen molar-refractivity contribution in [3.8, 4) is 11.5 Å². The normalized spacial score (nSPS) is 10.6. The van der Waals surface area contributed by atoms with Gasteiger partial charge < -0.3 is 14.5 Å². The summed E-state index contributed by atoms with van der Waals surface area (Å²) in [5.74, 6) is 0.918. The summed E-state index contributed by atoms with van der Waals surface area (Å²) in [6, 6.07) is 3.57. The zero-order valence-corrected chi connectivity index (χ0v) is 11.5. The number of carbonyl (C=O) groups is 1. The molecule has 20 heavy (non-hydrogen) atoms. The molecular formula is C14H17N3O3. The van der Waals surface area contributed by atoms with Gasteiger partial charge in [-0.1, -0.05) is 13.8 Å². The Hall–Kier alpha value is -2.37. The molecule has 0 atom stereocenters. The first-order valence-electron chi connectivity index (χ1n) is 6.41. The van der Waals surface area contributed by atoms with Crippen LogP contribution in [0.2, 0.25) is 0 Å². The highest BCUT2D eigenvalue weighted by Crippen LogP contribution is 2.19. The van der Waals surface area contributed by atoms with Crippen LogP contribution in [-0.4, -0.2) is 22.7 Å². The first-order valence-corrected chi connectivity index (χ1v) is 6.41. The Morgan fingerprint density at radius 3 is 2.90 bits per heavy atom. The maximum absolute atomic E-state index is 11.5. The van der Waals surface area contributed by atoms with Gasteiger partial charge in [0.1, 0.15) is 5.69 Å². The van der Waals surface area contributed by atoms with E-state index in [0.29, 0.717) is 29.7 Å². The molecule has 0 saturated heterocycles. The third-order valence-corrected chi connectivity index (χ3v) is 2.48. The van der Waals surface area contributed by atoms with Crippen molar-refractivity contribution in [2.45, 2.75) is 20.4 Å². The van der Waals surface area contributed by atoms with Crippen LogP contribution in [0.25, 0.3) is 11.5 Å². The second-order valence-corrected chi connectivity index (χ2v) is 4.67. The number of hydrogen-bond donors (Lipinski definition) is 1. The van der Waals surface area contributed by atoms with Crippen molar-refractivity contribution in [1.29, 1.82) is 0 Å². The van der Waals surface area contributed by atoms with Crippen LogP contribution in [0.4, 0.5) is 4.79 Å². The molecule has 0 aliphatic rings. The highest BCUT2D eigenvalue weighted by molar-refractivity contribution is 5.67. The van der Waals surface area contributed by atoms with Gasteiger partial charge in [0, 0.05) is 12.4 Å². The molecule has 6 heteroatoms. The number of rotatable bonds is 5. The van der Waals surface area contributed by atoms with E-state index in [9.17, 15) is 4.79 Å². The van der Waals surface area contributed by atoms with Crippen LogP contribution in [0.1, 0.15) is 19.5 Å². The lowest BCUT2D eigenvalue weighted by molar-refractivity contribution is 0.132. The van der Waals surface area contributed by atoms with Crippen LogP contribution < -0.4 is 5.32 Å². The molecule has 2 rings (SSSR count). The topological polar surface area (TPSA) is 77.2 Å². The Morgan fingerprint density at radius 2 is 2.20 bits per heavy atom. The minimum Gasteiger partial charge on any atom is -0.463 e. The molecule has 1 amide bonds. The van der Waals surface area contributed by atoms with E-state index in [2.05, 4.69) is 15.3 Å². The van der Waals surface area contributed by atoms with E-state index in [1.54, 1.807) is 30.8 Å². The van der Waals surface area contributed by atoms with E-state index >= 15 is 0 Å². The van der Waals surface area contributed by atoms with Gasteiger partial charge in [0.2, 0.25) is 0 Å². The number of alkyl carbamates (subject to hydrolysis) is 1. The molecule has 1 N–H and O–H groups in total. The highest BCUT2D eigenvalue weighted by atomic mass is 16.5. The fourth-order valence-electron chi connectivity index (χ4n) is 1.56. The van der Waals surface area contributed by atoms with Crippen LogP contribution >= 0.6 is 0 Å². The number of nitrogens with zero attached hydrogens (tertiary/aromatic N) is 2. The van der Waals surface area contributed by atoms with Crippen LogP contribution in [0.3, 0.4) is 0 Å². The summed E-state index contributed by atoms with van der Waals surface area (Å²) in [5, 5.41) is 2.65. The highest BCUT2D eigenvalue weighted by Gasteiger charge is 2.12. The molecule has 0 saturated carbocycles. The Morgan fingerprint density at radius 1 is 1.40 bits per heavy atom. The quantitative estimate of drug-likeness (QED) is 0.907. The average Bonchev–Trinajstić information content (AvgIpc) is 2.97. The molecule has 2 aromatic rings. The van der Waals surface area contributed by atoms with Crippen molar-refractivity contribution in [1.82, 2.24) is 15.3 Å². The summed E-state index contributed by atoms with van der Waals surface area (Å²) in [7, 11) is 0. The zero-order chi connectivity index (χ0) is 14.4. The monoisotopic (exact) mass is 275 g/mol. The van der Waals surface area contributed by atoms with Crippen LogP contribution in [0.5, 0.6) is 0 Å². The lowest BCUT2D eigenvalue weighted by atomic mass is 10.2. The number of aromatic nitrogens is 2. The molecule has 0 radical (unpaired) electrons. The van der Waals surface area contributed by atoms with Gasteiger partial charge in [-0.05, 0) is 18.1 Å². The summed E-state index contributed by atoms with van der Waals surface area (Å²) in [4.78, 5) is 19.9. The number of nitrogens with one attached hydrogen (secondary N) is 1. The molecule has 0 bridgehead atoms. The minimum atomic E-state index is -0.463. The lowest BCUT2D eigenvalue weighted by Gasteiger charge is -2.09. The molecular weight excluding hydrogens is 258 g/mol. The molecule has 2 heterocycles. The van der Waals surface area contributed by atoms with E-state index < -0.39 is 6.09 Å². The van der Waals surface area contributed by atoms with E-state index in [0.717, 1.165) is 0 Å². The fourth-order valence-corrected chi connectivity index (χ4v) is 1.56. The third kappa shape index (κ3) is 3.81. The molecule has 0 aliphatic carbocycles. The number of carbonyl (C=O) groups excluding carboxylic acids is 1. The van der Waals surface area contributed by atoms with Crippen molar-refractivity contribution in [3.63, 3.8) is 0 Å². The zero-order valence-electron chi connectivity index (χ0n) is 11.5. The van der Waals surface area contributed by atoms with Gasteiger partial charge in [-0.3, -0.25) is 4.98 Å². The largest absolute Gasteiger partial charge is 0.463 e.